The van der Waals surface area contributed by atoms with Crippen LogP contribution in [0.25, 0.3) is 10.8 Å². The van der Waals surface area contributed by atoms with Gasteiger partial charge >= 0.3 is 0 Å². The molecule has 0 saturated heterocycles. The third-order valence-corrected chi connectivity index (χ3v) is 4.22. The number of fused-ring (bicyclic) bond motifs is 1. The molecule has 25 heavy (non-hydrogen) atoms. The van der Waals surface area contributed by atoms with Crippen LogP contribution in [0.5, 0.6) is 5.75 Å². The molecule has 0 aliphatic carbocycles. The summed E-state index contributed by atoms with van der Waals surface area (Å²) < 4.78 is 6.36. The fraction of sp³-hybridized carbons (Fsp3) is 0.167. The predicted octanol–water partition coefficient (Wildman–Crippen LogP) is 3.01. The Morgan fingerprint density at radius 2 is 2.08 bits per heavy atom. The summed E-state index contributed by atoms with van der Waals surface area (Å²) in [6.07, 6.45) is 1.57. The van der Waals surface area contributed by atoms with Crippen LogP contribution >= 0.6 is 11.6 Å². The summed E-state index contributed by atoms with van der Waals surface area (Å²) in [5, 5.41) is 8.58. The summed E-state index contributed by atoms with van der Waals surface area (Å²) in [4.78, 5) is 24.8. The zero-order valence-electron chi connectivity index (χ0n) is 13.7. The van der Waals surface area contributed by atoms with Gasteiger partial charge in [-0.15, -0.1) is 0 Å². The molecule has 1 aromatic heterocycles. The maximum atomic E-state index is 12.4. The molecule has 128 valence electrons. The summed E-state index contributed by atoms with van der Waals surface area (Å²) >= 11 is 6.06. The van der Waals surface area contributed by atoms with Gasteiger partial charge in [0.2, 0.25) is 5.91 Å². The van der Waals surface area contributed by atoms with Gasteiger partial charge in [-0.2, -0.15) is 5.10 Å². The van der Waals surface area contributed by atoms with Crippen molar-refractivity contribution in [1.29, 1.82) is 0 Å². The molecular weight excluding hydrogens is 342 g/mol. The Balaban J connectivity index is 1.85. The number of nitrogens with one attached hydrogen (secondary N) is 1. The van der Waals surface area contributed by atoms with Crippen LogP contribution in [0.2, 0.25) is 5.02 Å². The minimum atomic E-state index is -0.384. The highest BCUT2D eigenvalue weighted by Gasteiger charge is 2.12. The normalized spacial score (nSPS) is 10.7. The van der Waals surface area contributed by atoms with Crippen LogP contribution in [0, 0.1) is 6.92 Å². The van der Waals surface area contributed by atoms with Gasteiger partial charge in [-0.05, 0) is 24.6 Å². The van der Waals surface area contributed by atoms with E-state index in [1.54, 1.807) is 36.5 Å². The van der Waals surface area contributed by atoms with Gasteiger partial charge in [0.15, 0.2) is 0 Å². The van der Waals surface area contributed by atoms with Crippen molar-refractivity contribution in [2.75, 3.05) is 12.4 Å². The van der Waals surface area contributed by atoms with E-state index in [1.165, 1.54) is 7.11 Å². The van der Waals surface area contributed by atoms with E-state index in [9.17, 15) is 9.59 Å². The molecule has 0 radical (unpaired) electrons. The molecule has 0 aliphatic heterocycles. The molecule has 0 saturated carbocycles. The van der Waals surface area contributed by atoms with Gasteiger partial charge in [0.25, 0.3) is 5.56 Å². The number of anilines is 1. The second-order valence-electron chi connectivity index (χ2n) is 5.54. The highest BCUT2D eigenvalue weighted by Crippen LogP contribution is 2.30. The number of aromatic nitrogens is 2. The summed E-state index contributed by atoms with van der Waals surface area (Å²) in [7, 11) is 1.49. The van der Waals surface area contributed by atoms with E-state index in [4.69, 9.17) is 16.3 Å². The zero-order chi connectivity index (χ0) is 18.0. The first kappa shape index (κ1) is 17.0. The lowest BCUT2D eigenvalue weighted by Crippen LogP contribution is -2.29. The van der Waals surface area contributed by atoms with Crippen molar-refractivity contribution in [3.05, 3.63) is 63.5 Å². The van der Waals surface area contributed by atoms with Gasteiger partial charge in [0.1, 0.15) is 12.3 Å². The molecule has 1 amide bonds. The van der Waals surface area contributed by atoms with Crippen molar-refractivity contribution >= 4 is 34.0 Å². The van der Waals surface area contributed by atoms with Gasteiger partial charge in [0, 0.05) is 16.5 Å². The highest BCUT2D eigenvalue weighted by atomic mass is 35.5. The van der Waals surface area contributed by atoms with E-state index >= 15 is 0 Å². The van der Waals surface area contributed by atoms with Crippen LogP contribution in [-0.2, 0) is 11.3 Å². The molecule has 0 bridgehead atoms. The average molecular weight is 358 g/mol. The van der Waals surface area contributed by atoms with Crippen molar-refractivity contribution in [2.24, 2.45) is 0 Å². The molecule has 1 N–H and O–H groups in total. The molecule has 0 unspecified atom stereocenters. The van der Waals surface area contributed by atoms with E-state index in [-0.39, 0.29) is 18.0 Å². The Kier molecular flexibility index (Phi) is 4.72. The zero-order valence-corrected chi connectivity index (χ0v) is 14.5. The number of benzene rings is 2. The minimum absolute atomic E-state index is 0.200. The molecule has 6 nitrogen and oxygen atoms in total. The number of halogens is 1. The van der Waals surface area contributed by atoms with Crippen LogP contribution in [0.1, 0.15) is 5.56 Å². The van der Waals surface area contributed by atoms with Gasteiger partial charge in [0.05, 0.1) is 24.4 Å². The van der Waals surface area contributed by atoms with Gasteiger partial charge in [-0.3, -0.25) is 9.59 Å². The predicted molar refractivity (Wildman–Crippen MR) is 97.4 cm³/mol. The van der Waals surface area contributed by atoms with Crippen LogP contribution in [0.15, 0.2) is 47.4 Å². The van der Waals surface area contributed by atoms with Crippen LogP contribution in [-0.4, -0.2) is 22.8 Å². The first-order valence-electron chi connectivity index (χ1n) is 7.58. The SMILES string of the molecule is COc1cc(Cl)c(C)cc1NC(=O)Cn1ncc2ccccc2c1=O. The van der Waals surface area contributed by atoms with E-state index in [0.717, 1.165) is 15.6 Å². The second-order valence-corrected chi connectivity index (χ2v) is 5.95. The number of rotatable bonds is 4. The number of hydrogen-bond acceptors (Lipinski definition) is 4. The maximum absolute atomic E-state index is 12.4. The molecular formula is C18H16ClN3O3. The molecule has 0 atom stereocenters. The highest BCUT2D eigenvalue weighted by molar-refractivity contribution is 6.31. The monoisotopic (exact) mass is 357 g/mol. The lowest BCUT2D eigenvalue weighted by atomic mass is 10.2. The number of ether oxygens (including phenoxy) is 1. The largest absolute Gasteiger partial charge is 0.495 e. The summed E-state index contributed by atoms with van der Waals surface area (Å²) in [6, 6.07) is 10.5. The Bertz CT molecular complexity index is 1010. The number of amides is 1. The van der Waals surface area contributed by atoms with Crippen molar-refractivity contribution in [3.63, 3.8) is 0 Å². The molecule has 0 fully saturated rings. The molecule has 3 rings (SSSR count). The minimum Gasteiger partial charge on any atom is -0.495 e. The summed E-state index contributed by atoms with van der Waals surface area (Å²) in [6.45, 7) is 1.63. The van der Waals surface area contributed by atoms with Crippen molar-refractivity contribution in [3.8, 4) is 5.75 Å². The Morgan fingerprint density at radius 1 is 1.32 bits per heavy atom. The topological polar surface area (TPSA) is 73.2 Å². The number of hydrogen-bond donors (Lipinski definition) is 1. The maximum Gasteiger partial charge on any atom is 0.275 e. The fourth-order valence-electron chi connectivity index (χ4n) is 2.50. The lowest BCUT2D eigenvalue weighted by Gasteiger charge is -2.12. The van der Waals surface area contributed by atoms with E-state index < -0.39 is 0 Å². The van der Waals surface area contributed by atoms with E-state index in [2.05, 4.69) is 10.4 Å². The standard InChI is InChI=1S/C18H16ClN3O3/c1-11-7-15(16(25-2)8-14(11)19)21-17(23)10-22-18(24)13-6-4-3-5-12(13)9-20-22/h3-9H,10H2,1-2H3,(H,21,23). The summed E-state index contributed by atoms with van der Waals surface area (Å²) in [5.74, 6) is 0.0627. The number of methoxy groups -OCH3 is 1. The molecule has 2 aromatic carbocycles. The van der Waals surface area contributed by atoms with Crippen molar-refractivity contribution in [1.82, 2.24) is 9.78 Å². The number of aryl methyl sites for hydroxylation is 1. The molecule has 7 heteroatoms. The van der Waals surface area contributed by atoms with E-state index in [0.29, 0.717) is 21.8 Å². The smallest absolute Gasteiger partial charge is 0.275 e. The third kappa shape index (κ3) is 3.49. The van der Waals surface area contributed by atoms with Gasteiger partial charge in [-0.25, -0.2) is 4.68 Å². The first-order valence-corrected chi connectivity index (χ1v) is 7.96. The van der Waals surface area contributed by atoms with Crippen LogP contribution in [0.3, 0.4) is 0 Å². The van der Waals surface area contributed by atoms with Crippen molar-refractivity contribution in [2.45, 2.75) is 13.5 Å². The average Bonchev–Trinajstić information content (AvgIpc) is 2.60. The molecule has 3 aromatic rings. The van der Waals surface area contributed by atoms with E-state index in [1.807, 2.05) is 13.0 Å². The number of carbonyl (C=O) groups is 1. The van der Waals surface area contributed by atoms with Crippen molar-refractivity contribution < 1.29 is 9.53 Å². The first-order chi connectivity index (χ1) is 12.0. The van der Waals surface area contributed by atoms with Crippen LogP contribution < -0.4 is 15.6 Å². The second kappa shape index (κ2) is 6.94. The molecule has 1 heterocycles. The third-order valence-electron chi connectivity index (χ3n) is 3.81. The summed E-state index contributed by atoms with van der Waals surface area (Å²) in [5.41, 5.74) is 0.981. The molecule has 0 spiro atoms. The molecule has 0 aliphatic rings. The Labute approximate surface area is 149 Å². The quantitative estimate of drug-likeness (QED) is 0.779. The lowest BCUT2D eigenvalue weighted by molar-refractivity contribution is -0.117. The van der Waals surface area contributed by atoms with Gasteiger partial charge in [-0.1, -0.05) is 29.8 Å². The van der Waals surface area contributed by atoms with Crippen LogP contribution in [0.4, 0.5) is 5.69 Å². The number of carbonyl (C=O) groups excluding carboxylic acids is 1. The fourth-order valence-corrected chi connectivity index (χ4v) is 2.65. The number of nitrogens with zero attached hydrogens (tertiary/aromatic N) is 2. The Morgan fingerprint density at radius 3 is 2.84 bits per heavy atom. The Hall–Kier alpha value is -2.86. The van der Waals surface area contributed by atoms with Gasteiger partial charge < -0.3 is 10.1 Å².